The number of nitrogens with zero attached hydrogens (tertiary/aromatic N) is 1. The number of methoxy groups -OCH3 is 2. The quantitative estimate of drug-likeness (QED) is 0.0613. The van der Waals surface area contributed by atoms with Crippen molar-refractivity contribution in [2.75, 3.05) is 37.7 Å². The van der Waals surface area contributed by atoms with Gasteiger partial charge in [0.15, 0.2) is 0 Å². The van der Waals surface area contributed by atoms with E-state index in [2.05, 4.69) is 30.7 Å². The minimum atomic E-state index is -0.691. The second-order valence-electron chi connectivity index (χ2n) is 13.4. The molecule has 17 heteroatoms. The Morgan fingerprint density at radius 2 is 1.12 bits per heavy atom. The van der Waals surface area contributed by atoms with Crippen molar-refractivity contribution >= 4 is 74.3 Å². The molecular weight excluding hydrogens is 959 g/mol. The van der Waals surface area contributed by atoms with Gasteiger partial charge in [-0.05, 0) is 77.4 Å². The van der Waals surface area contributed by atoms with Crippen LogP contribution in [0.25, 0.3) is 0 Å². The van der Waals surface area contributed by atoms with Crippen molar-refractivity contribution in [1.82, 2.24) is 0 Å². The van der Waals surface area contributed by atoms with E-state index in [0.29, 0.717) is 23.2 Å². The first-order valence-electron chi connectivity index (χ1n) is 19.3. The van der Waals surface area contributed by atoms with Crippen molar-refractivity contribution in [3.05, 3.63) is 200 Å². The van der Waals surface area contributed by atoms with Crippen molar-refractivity contribution in [1.29, 1.82) is 0 Å². The molecule has 0 aromatic heterocycles. The molecule has 0 aliphatic rings. The van der Waals surface area contributed by atoms with Crippen LogP contribution in [0.3, 0.4) is 0 Å². The highest BCUT2D eigenvalue weighted by molar-refractivity contribution is 9.08. The summed E-state index contributed by atoms with van der Waals surface area (Å²) in [4.78, 5) is 48.4. The Labute approximate surface area is 391 Å². The highest BCUT2D eigenvalue weighted by Gasteiger charge is 2.21. The molecule has 0 bridgehead atoms. The molecule has 6 rings (SSSR count). The molecule has 1 N–H and O–H groups in total. The average Bonchev–Trinajstić information content (AvgIpc) is 3.31. The van der Waals surface area contributed by atoms with E-state index in [9.17, 15) is 36.7 Å². The molecular formula is C48H41BrCl2F4N2O8. The standard InChI is InChI=1S/C24H20ClF2NO4.C15H13ClFNO2.C9H8BrFO2/c1-31-24(30)17-7-8-18(22(27)11-17)13-28(19-9-10-21(26)20(25)12-19)23(29)15-32-14-16-5-3-2-4-6-16;16-13-7-6-12(8-14(13)17)18-15(19)10-20-9-11-4-2-1-3-5-11;1-13-9(12)6-2-3-7(5-10)8(11)4-6/h2-12H,13-15H2,1H3;1-8H,9-10H2,(H,18,19);2-4H,5H2,1H3. The first-order chi connectivity index (χ1) is 31.2. The zero-order valence-electron chi connectivity index (χ0n) is 34.8. The SMILES string of the molecule is COC(=O)c1ccc(CBr)c(F)c1.COC(=O)c1ccc(CN(C(=O)COCc2ccccc2)c2ccc(F)c(Cl)c2)c(F)c1.O=C(COCc1ccccc1)Nc1ccc(Cl)c(F)c1. The number of hydrogen-bond donors (Lipinski definition) is 1. The molecule has 0 unspecified atom stereocenters. The molecule has 0 saturated heterocycles. The molecule has 0 aliphatic heterocycles. The number of anilines is 2. The molecule has 6 aromatic carbocycles. The predicted molar refractivity (Wildman–Crippen MR) is 243 cm³/mol. The number of carbonyl (C=O) groups excluding carboxylic acids is 4. The number of hydrogen-bond acceptors (Lipinski definition) is 8. The Kier molecular flexibility index (Phi) is 21.1. The van der Waals surface area contributed by atoms with Crippen molar-refractivity contribution in [2.45, 2.75) is 25.1 Å². The topological polar surface area (TPSA) is 120 Å². The summed E-state index contributed by atoms with van der Waals surface area (Å²) in [5.41, 5.74) is 3.44. The van der Waals surface area contributed by atoms with Crippen LogP contribution in [-0.2, 0) is 53.6 Å². The molecule has 0 aliphatic carbocycles. The van der Waals surface area contributed by atoms with Crippen molar-refractivity contribution in [3.63, 3.8) is 0 Å². The van der Waals surface area contributed by atoms with E-state index in [0.717, 1.165) is 29.3 Å². The van der Waals surface area contributed by atoms with E-state index in [4.69, 9.17) is 32.7 Å². The maximum absolute atomic E-state index is 14.6. The van der Waals surface area contributed by atoms with Crippen LogP contribution in [0.2, 0.25) is 10.0 Å². The number of amides is 2. The number of rotatable bonds is 15. The molecule has 65 heavy (non-hydrogen) atoms. The Bertz CT molecular complexity index is 2540. The molecule has 0 fully saturated rings. The third-order valence-electron chi connectivity index (χ3n) is 8.82. The molecule has 340 valence electrons. The van der Waals surface area contributed by atoms with Crippen LogP contribution in [0.1, 0.15) is 43.0 Å². The lowest BCUT2D eigenvalue weighted by Gasteiger charge is -2.24. The number of ether oxygens (including phenoxy) is 4. The lowest BCUT2D eigenvalue weighted by molar-refractivity contribution is -0.123. The minimum absolute atomic E-state index is 0.0170. The number of carbonyl (C=O) groups is 4. The maximum atomic E-state index is 14.6. The monoisotopic (exact) mass is 998 g/mol. The van der Waals surface area contributed by atoms with Crippen LogP contribution < -0.4 is 10.2 Å². The van der Waals surface area contributed by atoms with Gasteiger partial charge in [0.05, 0.1) is 55.2 Å². The first kappa shape index (κ1) is 51.5. The molecule has 0 spiro atoms. The molecule has 0 heterocycles. The fourth-order valence-electron chi connectivity index (χ4n) is 5.48. The summed E-state index contributed by atoms with van der Waals surface area (Å²) in [5.74, 6) is -4.33. The number of esters is 2. The van der Waals surface area contributed by atoms with E-state index in [1.807, 2.05) is 60.7 Å². The highest BCUT2D eigenvalue weighted by atomic mass is 79.9. The van der Waals surface area contributed by atoms with Crippen molar-refractivity contribution < 1.29 is 55.7 Å². The summed E-state index contributed by atoms with van der Waals surface area (Å²) in [5, 5.41) is 2.81. The van der Waals surface area contributed by atoms with Gasteiger partial charge in [0.25, 0.3) is 5.91 Å². The zero-order chi connectivity index (χ0) is 47.3. The summed E-state index contributed by atoms with van der Waals surface area (Å²) in [7, 11) is 2.46. The van der Waals surface area contributed by atoms with Crippen molar-refractivity contribution in [2.24, 2.45) is 0 Å². The van der Waals surface area contributed by atoms with E-state index < -0.39 is 41.1 Å². The fourth-order valence-corrected chi connectivity index (χ4v) is 6.23. The highest BCUT2D eigenvalue weighted by Crippen LogP contribution is 2.26. The van der Waals surface area contributed by atoms with Gasteiger partial charge in [-0.1, -0.05) is 112 Å². The van der Waals surface area contributed by atoms with Crippen LogP contribution >= 0.6 is 39.1 Å². The summed E-state index contributed by atoms with van der Waals surface area (Å²) < 4.78 is 74.4. The van der Waals surface area contributed by atoms with Gasteiger partial charge in [0.1, 0.15) is 36.5 Å². The van der Waals surface area contributed by atoms with Crippen LogP contribution in [0.4, 0.5) is 28.9 Å². The van der Waals surface area contributed by atoms with Gasteiger partial charge < -0.3 is 29.2 Å². The maximum Gasteiger partial charge on any atom is 0.337 e. The second-order valence-corrected chi connectivity index (χ2v) is 14.8. The Morgan fingerprint density at radius 3 is 1.62 bits per heavy atom. The minimum Gasteiger partial charge on any atom is -0.465 e. The molecule has 0 saturated carbocycles. The van der Waals surface area contributed by atoms with Crippen LogP contribution in [0.5, 0.6) is 0 Å². The number of halogens is 7. The summed E-state index contributed by atoms with van der Waals surface area (Å²) in [6.45, 7) is 0.00366. The van der Waals surface area contributed by atoms with Crippen molar-refractivity contribution in [3.8, 4) is 0 Å². The third kappa shape index (κ3) is 16.8. The predicted octanol–water partition coefficient (Wildman–Crippen LogP) is 11.3. The van der Waals surface area contributed by atoms with Crippen LogP contribution in [-0.4, -0.2) is 51.2 Å². The molecule has 2 amide bonds. The number of benzene rings is 6. The van der Waals surface area contributed by atoms with Gasteiger partial charge in [-0.25, -0.2) is 27.2 Å². The van der Waals surface area contributed by atoms with Gasteiger partial charge >= 0.3 is 11.9 Å². The molecule has 0 radical (unpaired) electrons. The average molecular weight is 1000 g/mol. The first-order valence-corrected chi connectivity index (χ1v) is 21.1. The van der Waals surface area contributed by atoms with Gasteiger partial charge in [-0.2, -0.15) is 0 Å². The number of alkyl halides is 1. The lowest BCUT2D eigenvalue weighted by Crippen LogP contribution is -2.34. The van der Waals surface area contributed by atoms with E-state index >= 15 is 0 Å². The van der Waals surface area contributed by atoms with Crippen LogP contribution in [0, 0.1) is 23.3 Å². The normalized spacial score (nSPS) is 10.4. The van der Waals surface area contributed by atoms with Gasteiger partial charge in [0, 0.05) is 22.3 Å². The Hall–Kier alpha value is -6.10. The lowest BCUT2D eigenvalue weighted by atomic mass is 10.1. The second kappa shape index (κ2) is 26.6. The van der Waals surface area contributed by atoms with Gasteiger partial charge in [0.2, 0.25) is 5.91 Å². The third-order valence-corrected chi connectivity index (χ3v) is 10.0. The van der Waals surface area contributed by atoms with E-state index in [1.165, 1.54) is 67.7 Å². The molecule has 10 nitrogen and oxygen atoms in total. The Morgan fingerprint density at radius 1 is 0.585 bits per heavy atom. The largest absolute Gasteiger partial charge is 0.465 e. The van der Waals surface area contributed by atoms with Gasteiger partial charge in [-0.3, -0.25) is 9.59 Å². The number of nitrogens with one attached hydrogen (secondary N) is 1. The zero-order valence-corrected chi connectivity index (χ0v) is 37.9. The molecule has 6 aromatic rings. The smallest absolute Gasteiger partial charge is 0.337 e. The van der Waals surface area contributed by atoms with Crippen LogP contribution in [0.15, 0.2) is 133 Å². The van der Waals surface area contributed by atoms with E-state index in [-0.39, 0.29) is 64.7 Å². The molecule has 0 atom stereocenters. The Balaban J connectivity index is 0.000000238. The summed E-state index contributed by atoms with van der Waals surface area (Å²) in [6.07, 6.45) is 0. The fraction of sp³-hybridized carbons (Fsp3) is 0.167. The van der Waals surface area contributed by atoms with E-state index in [1.54, 1.807) is 6.07 Å². The summed E-state index contributed by atoms with van der Waals surface area (Å²) >= 11 is 14.6. The summed E-state index contributed by atoms with van der Waals surface area (Å²) in [6, 6.07) is 34.8. The van der Waals surface area contributed by atoms with Gasteiger partial charge in [-0.15, -0.1) is 0 Å².